The van der Waals surface area contributed by atoms with Gasteiger partial charge in [-0.05, 0) is 123 Å². The van der Waals surface area contributed by atoms with Crippen molar-refractivity contribution in [1.29, 1.82) is 0 Å². The quantitative estimate of drug-likeness (QED) is 0.170. The van der Waals surface area contributed by atoms with Crippen LogP contribution in [0.15, 0.2) is 206 Å². The van der Waals surface area contributed by atoms with Gasteiger partial charge in [0.25, 0.3) is 0 Å². The highest BCUT2D eigenvalue weighted by atomic mass is 32.1. The van der Waals surface area contributed by atoms with E-state index in [-0.39, 0.29) is 0 Å². The van der Waals surface area contributed by atoms with Crippen molar-refractivity contribution in [2.24, 2.45) is 0 Å². The minimum Gasteiger partial charge on any atom is -0.310 e. The summed E-state index contributed by atoms with van der Waals surface area (Å²) in [5.74, 6) is 0. The van der Waals surface area contributed by atoms with Crippen LogP contribution in [0.25, 0.3) is 31.7 Å². The molecule has 0 amide bonds. The van der Waals surface area contributed by atoms with Crippen LogP contribution in [0.5, 0.6) is 0 Å². The van der Waals surface area contributed by atoms with Crippen molar-refractivity contribution in [3.63, 3.8) is 0 Å². The Labute approximate surface area is 319 Å². The van der Waals surface area contributed by atoms with Gasteiger partial charge in [0.1, 0.15) is 0 Å². The number of nitrogens with zero attached hydrogens (tertiary/aromatic N) is 2. The number of hydrogen-bond acceptors (Lipinski definition) is 3. The minimum absolute atomic E-state index is 0.527. The average Bonchev–Trinajstić information content (AvgIpc) is 3.86. The van der Waals surface area contributed by atoms with Gasteiger partial charge >= 0.3 is 0 Å². The second-order valence-electron chi connectivity index (χ2n) is 14.1. The summed E-state index contributed by atoms with van der Waals surface area (Å²) in [5, 5.41) is 1.33. The number of para-hydroxylation sites is 4. The third-order valence-corrected chi connectivity index (χ3v) is 12.4. The lowest BCUT2D eigenvalue weighted by Gasteiger charge is -2.33. The average molecular weight is 707 g/mol. The van der Waals surface area contributed by atoms with E-state index in [0.29, 0.717) is 0 Å². The molecule has 2 aliphatic carbocycles. The number of benzene rings is 8. The van der Waals surface area contributed by atoms with Gasteiger partial charge in [-0.2, -0.15) is 0 Å². The van der Waals surface area contributed by atoms with E-state index < -0.39 is 5.41 Å². The Hall–Kier alpha value is -6.68. The Morgan fingerprint density at radius 2 is 0.759 bits per heavy atom. The molecule has 2 aliphatic rings. The molecule has 2 nitrogen and oxygen atoms in total. The molecule has 1 heterocycles. The summed E-state index contributed by atoms with van der Waals surface area (Å²) in [4.78, 5) is 6.14. The second-order valence-corrected chi connectivity index (χ2v) is 15.1. The Bertz CT molecular complexity index is 2750. The van der Waals surface area contributed by atoms with Gasteiger partial charge in [0.15, 0.2) is 0 Å². The molecular weight excluding hydrogens is 673 g/mol. The second kappa shape index (κ2) is 12.2. The smallest absolute Gasteiger partial charge is 0.0741 e. The van der Waals surface area contributed by atoms with E-state index in [1.54, 1.807) is 0 Å². The summed E-state index contributed by atoms with van der Waals surface area (Å²) in [6, 6.07) is 75.5. The largest absolute Gasteiger partial charge is 0.310 e. The summed E-state index contributed by atoms with van der Waals surface area (Å²) >= 11 is 1.93. The van der Waals surface area contributed by atoms with Crippen molar-refractivity contribution in [2.45, 2.75) is 5.41 Å². The number of thiophene rings is 1. The monoisotopic (exact) mass is 706 g/mol. The molecule has 0 radical (unpaired) electrons. The summed E-state index contributed by atoms with van der Waals surface area (Å²) in [6.45, 7) is 0. The van der Waals surface area contributed by atoms with E-state index in [4.69, 9.17) is 0 Å². The van der Waals surface area contributed by atoms with Gasteiger partial charge in [-0.3, -0.25) is 0 Å². The lowest BCUT2D eigenvalue weighted by Crippen LogP contribution is -2.26. The van der Waals surface area contributed by atoms with Gasteiger partial charge in [-0.1, -0.05) is 127 Å². The van der Waals surface area contributed by atoms with Crippen LogP contribution in [-0.4, -0.2) is 0 Å². The van der Waals surface area contributed by atoms with E-state index in [1.165, 1.54) is 53.9 Å². The Balaban J connectivity index is 1.23. The molecule has 9 aromatic rings. The predicted molar refractivity (Wildman–Crippen MR) is 227 cm³/mol. The van der Waals surface area contributed by atoms with Crippen LogP contribution < -0.4 is 9.80 Å². The van der Waals surface area contributed by atoms with Crippen LogP contribution in [0.2, 0.25) is 0 Å². The Morgan fingerprint density at radius 3 is 1.31 bits per heavy atom. The summed E-state index contributed by atoms with van der Waals surface area (Å²) in [6.07, 6.45) is 0. The molecule has 254 valence electrons. The van der Waals surface area contributed by atoms with E-state index in [0.717, 1.165) is 34.1 Å². The van der Waals surface area contributed by atoms with Crippen LogP contribution in [-0.2, 0) is 5.41 Å². The lowest BCUT2D eigenvalue weighted by atomic mass is 9.70. The molecule has 0 bridgehead atoms. The van der Waals surface area contributed by atoms with Crippen molar-refractivity contribution in [3.05, 3.63) is 229 Å². The maximum absolute atomic E-state index is 2.49. The predicted octanol–water partition coefficient (Wildman–Crippen LogP) is 14.2. The van der Waals surface area contributed by atoms with Gasteiger partial charge in [0.05, 0.1) is 5.41 Å². The van der Waals surface area contributed by atoms with E-state index in [1.807, 2.05) is 11.3 Å². The van der Waals surface area contributed by atoms with Crippen LogP contribution in [0.4, 0.5) is 34.1 Å². The van der Waals surface area contributed by atoms with Crippen LogP contribution >= 0.6 is 11.3 Å². The van der Waals surface area contributed by atoms with Gasteiger partial charge in [0.2, 0.25) is 0 Å². The summed E-state index contributed by atoms with van der Waals surface area (Å²) < 4.78 is 1.32. The van der Waals surface area contributed by atoms with Gasteiger partial charge in [-0.15, -0.1) is 11.3 Å². The van der Waals surface area contributed by atoms with E-state index >= 15 is 0 Å². The molecule has 0 fully saturated rings. The van der Waals surface area contributed by atoms with Gasteiger partial charge in [-0.25, -0.2) is 0 Å². The summed E-state index contributed by atoms with van der Waals surface area (Å²) in [7, 11) is 0. The zero-order valence-electron chi connectivity index (χ0n) is 29.4. The molecule has 54 heavy (non-hydrogen) atoms. The van der Waals surface area contributed by atoms with Gasteiger partial charge < -0.3 is 9.80 Å². The molecular formula is C51H34N2S. The maximum Gasteiger partial charge on any atom is 0.0741 e. The van der Waals surface area contributed by atoms with Crippen LogP contribution in [0.3, 0.4) is 0 Å². The van der Waals surface area contributed by atoms with E-state index in [2.05, 4.69) is 216 Å². The van der Waals surface area contributed by atoms with Crippen LogP contribution in [0.1, 0.15) is 22.3 Å². The van der Waals surface area contributed by atoms with Crippen molar-refractivity contribution in [1.82, 2.24) is 0 Å². The third-order valence-electron chi connectivity index (χ3n) is 11.2. The first-order valence-electron chi connectivity index (χ1n) is 18.5. The highest BCUT2D eigenvalue weighted by Crippen LogP contribution is 2.67. The Morgan fingerprint density at radius 1 is 0.333 bits per heavy atom. The standard InChI is InChI=1S/C51H34N2S/c1-5-17-35(18-6-1)52(36-19-7-2-8-20-36)39-29-31-42-41-25-13-15-27-45(41)51(46(42)33-39)47-34-40(53(37-21-9-3-10-22-37)38-23-11-4-12-24-38)30-32-43(47)50-49(51)44-26-14-16-28-48(44)54-50/h1-34H. The first-order chi connectivity index (χ1) is 26.8. The molecule has 1 spiro atoms. The SMILES string of the molecule is c1ccc(N(c2ccccc2)c2ccc3c(c2)C2(c4ccccc4-3)c3cc(N(c4ccccc4)c4ccccc4)ccc3-c3sc4ccccc4c32)cc1. The van der Waals surface area contributed by atoms with Crippen molar-refractivity contribution in [2.75, 3.05) is 9.80 Å². The fraction of sp³-hybridized carbons (Fsp3) is 0.0196. The van der Waals surface area contributed by atoms with Crippen molar-refractivity contribution >= 4 is 55.5 Å². The molecule has 1 unspecified atom stereocenters. The zero-order chi connectivity index (χ0) is 35.6. The molecule has 0 aliphatic heterocycles. The molecule has 1 aromatic heterocycles. The maximum atomic E-state index is 2.49. The number of hydrogen-bond donors (Lipinski definition) is 0. The molecule has 1 atom stereocenters. The zero-order valence-corrected chi connectivity index (χ0v) is 30.2. The Kier molecular flexibility index (Phi) is 6.98. The fourth-order valence-electron chi connectivity index (χ4n) is 9.09. The first kappa shape index (κ1) is 30.9. The number of rotatable bonds is 6. The summed E-state index contributed by atoms with van der Waals surface area (Å²) in [5.41, 5.74) is 15.6. The lowest BCUT2D eigenvalue weighted by molar-refractivity contribution is 0.802. The van der Waals surface area contributed by atoms with Gasteiger partial charge in [0, 0.05) is 43.7 Å². The van der Waals surface area contributed by atoms with Crippen LogP contribution in [0, 0.1) is 0 Å². The third kappa shape index (κ3) is 4.46. The van der Waals surface area contributed by atoms with Crippen molar-refractivity contribution in [3.8, 4) is 21.6 Å². The number of anilines is 6. The van der Waals surface area contributed by atoms with Crippen molar-refractivity contribution < 1.29 is 0 Å². The van der Waals surface area contributed by atoms with E-state index in [9.17, 15) is 0 Å². The molecule has 0 saturated heterocycles. The highest BCUT2D eigenvalue weighted by molar-refractivity contribution is 7.22. The molecule has 11 rings (SSSR count). The topological polar surface area (TPSA) is 6.48 Å². The number of fused-ring (bicyclic) bond motifs is 12. The molecule has 8 aromatic carbocycles. The molecule has 0 saturated carbocycles. The molecule has 3 heteroatoms. The normalized spacial score (nSPS) is 14.7. The fourth-order valence-corrected chi connectivity index (χ4v) is 10.4. The first-order valence-corrected chi connectivity index (χ1v) is 19.3. The molecule has 0 N–H and O–H groups in total. The minimum atomic E-state index is -0.527. The highest BCUT2D eigenvalue weighted by Gasteiger charge is 2.54.